The van der Waals surface area contributed by atoms with Crippen LogP contribution in [0.5, 0.6) is 11.5 Å². The van der Waals surface area contributed by atoms with Crippen molar-refractivity contribution < 1.29 is 23.8 Å². The van der Waals surface area contributed by atoms with Crippen LogP contribution in [-0.2, 0) is 11.3 Å². The number of fused-ring (bicyclic) bond motifs is 1. The van der Waals surface area contributed by atoms with Crippen LogP contribution in [0.2, 0.25) is 0 Å². The summed E-state index contributed by atoms with van der Waals surface area (Å²) >= 11 is 0. The molecular formula is C22H24FN3O5. The predicted octanol–water partition coefficient (Wildman–Crippen LogP) is 2.18. The molecule has 0 saturated carbocycles. The minimum Gasteiger partial charge on any atom is -0.493 e. The van der Waals surface area contributed by atoms with Gasteiger partial charge in [0.05, 0.1) is 37.6 Å². The minimum atomic E-state index is -1.00. The summed E-state index contributed by atoms with van der Waals surface area (Å²) in [5.74, 6) is 0.191. The first-order valence-corrected chi connectivity index (χ1v) is 9.74. The van der Waals surface area contributed by atoms with E-state index < -0.39 is 11.9 Å². The Bertz CT molecular complexity index is 1130. The van der Waals surface area contributed by atoms with E-state index in [0.717, 1.165) is 0 Å². The van der Waals surface area contributed by atoms with E-state index >= 15 is 0 Å². The van der Waals surface area contributed by atoms with Gasteiger partial charge in [0.2, 0.25) is 5.91 Å². The van der Waals surface area contributed by atoms with Crippen molar-refractivity contribution in [1.82, 2.24) is 14.9 Å². The zero-order valence-electron chi connectivity index (χ0n) is 17.3. The number of methoxy groups -OCH3 is 2. The summed E-state index contributed by atoms with van der Waals surface area (Å²) in [6, 6.07) is 8.81. The number of aromatic nitrogens is 2. The number of ether oxygens (including phenoxy) is 2. The van der Waals surface area contributed by atoms with Crippen molar-refractivity contribution in [1.29, 1.82) is 0 Å². The van der Waals surface area contributed by atoms with Crippen LogP contribution >= 0.6 is 0 Å². The molecule has 1 atom stereocenters. The van der Waals surface area contributed by atoms with Gasteiger partial charge in [0, 0.05) is 25.6 Å². The van der Waals surface area contributed by atoms with Crippen LogP contribution in [0.3, 0.4) is 0 Å². The number of nitrogens with one attached hydrogen (secondary N) is 1. The van der Waals surface area contributed by atoms with Crippen molar-refractivity contribution in [2.75, 3.05) is 20.8 Å². The van der Waals surface area contributed by atoms with Gasteiger partial charge >= 0.3 is 0 Å². The van der Waals surface area contributed by atoms with Crippen LogP contribution in [0.25, 0.3) is 10.9 Å². The highest BCUT2D eigenvalue weighted by atomic mass is 19.1. The maximum absolute atomic E-state index is 13.2. The molecule has 3 aromatic rings. The molecule has 2 aromatic carbocycles. The highest BCUT2D eigenvalue weighted by molar-refractivity contribution is 5.81. The largest absolute Gasteiger partial charge is 0.493 e. The summed E-state index contributed by atoms with van der Waals surface area (Å²) < 4.78 is 25.1. The van der Waals surface area contributed by atoms with E-state index in [4.69, 9.17) is 9.47 Å². The summed E-state index contributed by atoms with van der Waals surface area (Å²) in [6.45, 7) is 0.275. The number of nitrogens with zero attached hydrogens (tertiary/aromatic N) is 2. The van der Waals surface area contributed by atoms with Crippen LogP contribution in [0.15, 0.2) is 47.5 Å². The van der Waals surface area contributed by atoms with Crippen LogP contribution in [0, 0.1) is 5.82 Å². The zero-order chi connectivity index (χ0) is 22.4. The van der Waals surface area contributed by atoms with E-state index in [2.05, 4.69) is 10.3 Å². The number of carbonyl (C=O) groups excluding carboxylic acids is 1. The number of hydrogen-bond donors (Lipinski definition) is 2. The van der Waals surface area contributed by atoms with Gasteiger partial charge in [-0.15, -0.1) is 0 Å². The van der Waals surface area contributed by atoms with Gasteiger partial charge < -0.3 is 19.9 Å². The van der Waals surface area contributed by atoms with Crippen molar-refractivity contribution in [3.05, 3.63) is 64.5 Å². The first-order valence-electron chi connectivity index (χ1n) is 9.74. The fourth-order valence-electron chi connectivity index (χ4n) is 3.19. The summed E-state index contributed by atoms with van der Waals surface area (Å²) in [4.78, 5) is 29.1. The van der Waals surface area contributed by atoms with Crippen molar-refractivity contribution in [3.8, 4) is 11.5 Å². The molecule has 3 rings (SSSR count). The Morgan fingerprint density at radius 2 is 1.97 bits per heavy atom. The van der Waals surface area contributed by atoms with Crippen LogP contribution in [0.4, 0.5) is 4.39 Å². The van der Waals surface area contributed by atoms with E-state index in [9.17, 15) is 19.1 Å². The normalized spacial score (nSPS) is 11.9. The Hall–Kier alpha value is -3.46. The molecule has 1 heterocycles. The highest BCUT2D eigenvalue weighted by Gasteiger charge is 2.12. The fraction of sp³-hybridized carbons (Fsp3) is 0.318. The summed E-state index contributed by atoms with van der Waals surface area (Å²) in [5.41, 5.74) is 0.636. The molecule has 9 heteroatoms. The lowest BCUT2D eigenvalue weighted by Crippen LogP contribution is -2.29. The third-order valence-corrected chi connectivity index (χ3v) is 4.86. The Morgan fingerprint density at radius 3 is 2.68 bits per heavy atom. The molecule has 0 bridgehead atoms. The van der Waals surface area contributed by atoms with E-state index in [1.54, 1.807) is 18.2 Å². The first kappa shape index (κ1) is 22.2. The van der Waals surface area contributed by atoms with Gasteiger partial charge in [0.25, 0.3) is 5.56 Å². The zero-order valence-corrected chi connectivity index (χ0v) is 17.3. The molecule has 1 unspecified atom stereocenters. The molecule has 1 aromatic heterocycles. The summed E-state index contributed by atoms with van der Waals surface area (Å²) in [5, 5.41) is 13.1. The number of aryl methyl sites for hydroxylation is 1. The number of amides is 1. The van der Waals surface area contributed by atoms with E-state index in [1.165, 1.54) is 43.3 Å². The maximum atomic E-state index is 13.2. The quantitative estimate of drug-likeness (QED) is 0.541. The molecular weight excluding hydrogens is 405 g/mol. The Kier molecular flexibility index (Phi) is 7.19. The van der Waals surface area contributed by atoms with Gasteiger partial charge in [-0.1, -0.05) is 12.1 Å². The molecule has 31 heavy (non-hydrogen) atoms. The molecule has 1 amide bonds. The van der Waals surface area contributed by atoms with Crippen molar-refractivity contribution >= 4 is 16.8 Å². The molecule has 0 aliphatic rings. The Morgan fingerprint density at radius 1 is 1.23 bits per heavy atom. The lowest BCUT2D eigenvalue weighted by atomic mass is 10.1. The third-order valence-electron chi connectivity index (χ3n) is 4.86. The minimum absolute atomic E-state index is 0.0264. The lowest BCUT2D eigenvalue weighted by Gasteiger charge is -2.13. The average molecular weight is 429 g/mol. The van der Waals surface area contributed by atoms with Crippen LogP contribution < -0.4 is 20.3 Å². The van der Waals surface area contributed by atoms with Gasteiger partial charge in [-0.2, -0.15) is 0 Å². The van der Waals surface area contributed by atoms with Gasteiger partial charge in [-0.25, -0.2) is 9.37 Å². The monoisotopic (exact) mass is 429 g/mol. The number of aliphatic hydroxyl groups excluding tert-OH is 1. The average Bonchev–Trinajstić information content (AvgIpc) is 2.78. The molecule has 0 fully saturated rings. The number of aliphatic hydroxyl groups is 1. The second-order valence-corrected chi connectivity index (χ2v) is 6.95. The van der Waals surface area contributed by atoms with Gasteiger partial charge in [-0.3, -0.25) is 14.2 Å². The van der Waals surface area contributed by atoms with Crippen LogP contribution in [0.1, 0.15) is 24.5 Å². The van der Waals surface area contributed by atoms with E-state index in [1.807, 2.05) is 0 Å². The summed E-state index contributed by atoms with van der Waals surface area (Å²) in [7, 11) is 3.00. The molecule has 2 N–H and O–H groups in total. The number of carbonyl (C=O) groups is 1. The summed E-state index contributed by atoms with van der Waals surface area (Å²) in [6.07, 6.45) is 0.996. The van der Waals surface area contributed by atoms with Crippen molar-refractivity contribution in [2.45, 2.75) is 25.5 Å². The second kappa shape index (κ2) is 10.0. The Balaban J connectivity index is 1.56. The number of benzene rings is 2. The van der Waals surface area contributed by atoms with Crippen LogP contribution in [-0.4, -0.2) is 41.3 Å². The van der Waals surface area contributed by atoms with Crippen molar-refractivity contribution in [2.24, 2.45) is 0 Å². The number of rotatable bonds is 9. The lowest BCUT2D eigenvalue weighted by molar-refractivity contribution is -0.121. The number of hydrogen-bond acceptors (Lipinski definition) is 6. The van der Waals surface area contributed by atoms with Gasteiger partial charge in [0.1, 0.15) is 5.82 Å². The standard InChI is InChI=1S/C22H24FN3O5/c1-30-19-10-16-17(11-20(19)31-2)25-13-26(22(16)29)8-4-7-21(28)24-12-18(27)14-5-3-6-15(23)9-14/h3,5-6,9-11,13,18,27H,4,7-8,12H2,1-2H3,(H,24,28). The van der Waals surface area contributed by atoms with Gasteiger partial charge in [-0.05, 0) is 30.2 Å². The smallest absolute Gasteiger partial charge is 0.261 e. The van der Waals surface area contributed by atoms with Crippen molar-refractivity contribution in [3.63, 3.8) is 0 Å². The number of halogens is 1. The Labute approximate surface area is 178 Å². The molecule has 0 radical (unpaired) electrons. The molecule has 0 aliphatic heterocycles. The van der Waals surface area contributed by atoms with Gasteiger partial charge in [0.15, 0.2) is 11.5 Å². The topological polar surface area (TPSA) is 103 Å². The third kappa shape index (κ3) is 5.37. The molecule has 164 valence electrons. The second-order valence-electron chi connectivity index (χ2n) is 6.95. The maximum Gasteiger partial charge on any atom is 0.261 e. The fourth-order valence-corrected chi connectivity index (χ4v) is 3.19. The molecule has 0 aliphatic carbocycles. The first-order chi connectivity index (χ1) is 14.9. The SMILES string of the molecule is COc1cc2ncn(CCCC(=O)NCC(O)c3cccc(F)c3)c(=O)c2cc1OC. The molecule has 8 nitrogen and oxygen atoms in total. The predicted molar refractivity (Wildman–Crippen MR) is 113 cm³/mol. The highest BCUT2D eigenvalue weighted by Crippen LogP contribution is 2.29. The van der Waals surface area contributed by atoms with E-state index in [0.29, 0.717) is 40.9 Å². The molecule has 0 saturated heterocycles. The molecule has 0 spiro atoms. The van der Waals surface area contributed by atoms with E-state index in [-0.39, 0.29) is 24.4 Å².